The van der Waals surface area contributed by atoms with Crippen LogP contribution in [0.5, 0.6) is 11.5 Å². The van der Waals surface area contributed by atoms with Crippen LogP contribution >= 0.6 is 0 Å². The van der Waals surface area contributed by atoms with Crippen LogP contribution in [0.4, 0.5) is 0 Å². The van der Waals surface area contributed by atoms with E-state index in [1.165, 1.54) is 0 Å². The summed E-state index contributed by atoms with van der Waals surface area (Å²) in [6, 6.07) is 14.6. The smallest absolute Gasteiger partial charge is 0.258 e. The minimum absolute atomic E-state index is 0.0876. The Kier molecular flexibility index (Phi) is 6.00. The zero-order valence-electron chi connectivity index (χ0n) is 13.3. The number of hydrogen-bond donors (Lipinski definition) is 2. The lowest BCUT2D eigenvalue weighted by molar-refractivity contribution is -0.123. The number of amides is 1. The van der Waals surface area contributed by atoms with Gasteiger partial charge in [-0.1, -0.05) is 30.3 Å². The molecular formula is C18H21NO4. The number of ether oxygens (including phenoxy) is 2. The molecule has 0 heterocycles. The number of aryl methyl sites for hydroxylation is 1. The number of benzene rings is 2. The number of rotatable bonds is 7. The Labute approximate surface area is 135 Å². The predicted octanol–water partition coefficient (Wildman–Crippen LogP) is 2.23. The van der Waals surface area contributed by atoms with Gasteiger partial charge in [0.25, 0.3) is 5.91 Å². The Balaban J connectivity index is 1.80. The Morgan fingerprint density at radius 2 is 2.00 bits per heavy atom. The lowest BCUT2D eigenvalue weighted by Gasteiger charge is -2.14. The van der Waals surface area contributed by atoms with Crippen molar-refractivity contribution in [3.05, 3.63) is 59.7 Å². The molecule has 2 N–H and O–H groups in total. The zero-order valence-corrected chi connectivity index (χ0v) is 13.3. The molecule has 5 heteroatoms. The summed E-state index contributed by atoms with van der Waals surface area (Å²) in [7, 11) is 1.57. The number of carbonyl (C=O) groups is 1. The van der Waals surface area contributed by atoms with Crippen LogP contribution < -0.4 is 14.8 Å². The Hall–Kier alpha value is -2.53. The number of aliphatic hydroxyl groups is 1. The van der Waals surface area contributed by atoms with Crippen LogP contribution in [0, 0.1) is 6.92 Å². The van der Waals surface area contributed by atoms with Gasteiger partial charge in [-0.15, -0.1) is 0 Å². The van der Waals surface area contributed by atoms with E-state index in [1.807, 2.05) is 31.2 Å². The van der Waals surface area contributed by atoms with Gasteiger partial charge in [0, 0.05) is 6.54 Å². The largest absolute Gasteiger partial charge is 0.497 e. The monoisotopic (exact) mass is 315 g/mol. The first-order valence-electron chi connectivity index (χ1n) is 7.37. The first-order chi connectivity index (χ1) is 11.1. The minimum Gasteiger partial charge on any atom is -0.497 e. The molecule has 23 heavy (non-hydrogen) atoms. The molecule has 5 nitrogen and oxygen atoms in total. The zero-order chi connectivity index (χ0) is 16.7. The van der Waals surface area contributed by atoms with Crippen molar-refractivity contribution in [3.63, 3.8) is 0 Å². The first kappa shape index (κ1) is 16.8. The maximum atomic E-state index is 11.8. The van der Waals surface area contributed by atoms with Crippen molar-refractivity contribution in [3.8, 4) is 11.5 Å². The molecule has 2 rings (SSSR count). The quantitative estimate of drug-likeness (QED) is 0.822. The van der Waals surface area contributed by atoms with Crippen molar-refractivity contribution in [1.82, 2.24) is 5.32 Å². The molecule has 1 amide bonds. The second kappa shape index (κ2) is 8.19. The molecule has 0 bridgehead atoms. The van der Waals surface area contributed by atoms with Crippen molar-refractivity contribution in [2.24, 2.45) is 0 Å². The molecular weight excluding hydrogens is 294 g/mol. The van der Waals surface area contributed by atoms with E-state index in [4.69, 9.17) is 9.47 Å². The molecule has 1 unspecified atom stereocenters. The topological polar surface area (TPSA) is 67.8 Å². The molecule has 0 radical (unpaired) electrons. The predicted molar refractivity (Wildman–Crippen MR) is 87.6 cm³/mol. The second-order valence-corrected chi connectivity index (χ2v) is 5.15. The molecule has 122 valence electrons. The summed E-state index contributed by atoms with van der Waals surface area (Å²) in [5, 5.41) is 12.8. The standard InChI is InChI=1S/C18H21NO4/c1-13-6-3-4-9-17(13)23-12-18(21)19-11-16(20)14-7-5-8-15(10-14)22-2/h3-10,16,20H,11-12H2,1-2H3,(H,19,21). The highest BCUT2D eigenvalue weighted by molar-refractivity contribution is 5.77. The lowest BCUT2D eigenvalue weighted by atomic mass is 10.1. The average Bonchev–Trinajstić information content (AvgIpc) is 2.59. The fourth-order valence-electron chi connectivity index (χ4n) is 2.09. The highest BCUT2D eigenvalue weighted by atomic mass is 16.5. The molecule has 1 atom stereocenters. The van der Waals surface area contributed by atoms with Gasteiger partial charge in [-0.3, -0.25) is 4.79 Å². The molecule has 0 aliphatic carbocycles. The maximum Gasteiger partial charge on any atom is 0.258 e. The average molecular weight is 315 g/mol. The van der Waals surface area contributed by atoms with Gasteiger partial charge in [0.1, 0.15) is 11.5 Å². The summed E-state index contributed by atoms with van der Waals surface area (Å²) < 4.78 is 10.6. The number of nitrogens with one attached hydrogen (secondary N) is 1. The van der Waals surface area contributed by atoms with E-state index >= 15 is 0 Å². The van der Waals surface area contributed by atoms with Crippen molar-refractivity contribution in [2.45, 2.75) is 13.0 Å². The van der Waals surface area contributed by atoms with E-state index in [9.17, 15) is 9.90 Å². The van der Waals surface area contributed by atoms with Crippen molar-refractivity contribution < 1.29 is 19.4 Å². The molecule has 2 aromatic rings. The third kappa shape index (κ3) is 5.00. The van der Waals surface area contributed by atoms with E-state index in [1.54, 1.807) is 31.4 Å². The fraction of sp³-hybridized carbons (Fsp3) is 0.278. The second-order valence-electron chi connectivity index (χ2n) is 5.15. The number of hydrogen-bond acceptors (Lipinski definition) is 4. The normalized spacial score (nSPS) is 11.6. The van der Waals surface area contributed by atoms with Crippen LogP contribution in [0.25, 0.3) is 0 Å². The number of methoxy groups -OCH3 is 1. The van der Waals surface area contributed by atoms with E-state index in [0.717, 1.165) is 5.56 Å². The molecule has 2 aromatic carbocycles. The summed E-state index contributed by atoms with van der Waals surface area (Å²) in [5.41, 5.74) is 1.65. The number of aliphatic hydroxyl groups excluding tert-OH is 1. The van der Waals surface area contributed by atoms with Crippen molar-refractivity contribution in [1.29, 1.82) is 0 Å². The van der Waals surface area contributed by atoms with Gasteiger partial charge in [0.15, 0.2) is 6.61 Å². The number of carbonyl (C=O) groups excluding carboxylic acids is 1. The Morgan fingerprint density at radius 1 is 1.22 bits per heavy atom. The van der Waals surface area contributed by atoms with Crippen LogP contribution in [0.3, 0.4) is 0 Å². The van der Waals surface area contributed by atoms with Crippen molar-refractivity contribution >= 4 is 5.91 Å². The third-order valence-electron chi connectivity index (χ3n) is 3.42. The summed E-state index contributed by atoms with van der Waals surface area (Å²) in [6.07, 6.45) is -0.799. The Bertz CT molecular complexity index is 657. The van der Waals surface area contributed by atoms with Gasteiger partial charge in [0.05, 0.1) is 13.2 Å². The molecule has 0 saturated heterocycles. The molecule has 0 spiro atoms. The van der Waals surface area contributed by atoms with Gasteiger partial charge in [-0.2, -0.15) is 0 Å². The van der Waals surface area contributed by atoms with E-state index in [-0.39, 0.29) is 19.1 Å². The molecule has 0 aromatic heterocycles. The molecule has 0 saturated carbocycles. The third-order valence-corrected chi connectivity index (χ3v) is 3.42. The fourth-order valence-corrected chi connectivity index (χ4v) is 2.09. The van der Waals surface area contributed by atoms with Crippen LogP contribution in [0.2, 0.25) is 0 Å². The molecule has 0 aliphatic rings. The number of para-hydroxylation sites is 1. The highest BCUT2D eigenvalue weighted by Gasteiger charge is 2.11. The summed E-state index contributed by atoms with van der Waals surface area (Å²) >= 11 is 0. The van der Waals surface area contributed by atoms with Gasteiger partial charge < -0.3 is 19.9 Å². The SMILES string of the molecule is COc1cccc(C(O)CNC(=O)COc2ccccc2C)c1. The Morgan fingerprint density at radius 3 is 2.74 bits per heavy atom. The van der Waals surface area contributed by atoms with Crippen LogP contribution in [0.15, 0.2) is 48.5 Å². The van der Waals surface area contributed by atoms with Gasteiger partial charge in [-0.25, -0.2) is 0 Å². The molecule has 0 aliphatic heterocycles. The van der Waals surface area contributed by atoms with Crippen molar-refractivity contribution in [2.75, 3.05) is 20.3 Å². The van der Waals surface area contributed by atoms with E-state index in [0.29, 0.717) is 17.1 Å². The maximum absolute atomic E-state index is 11.8. The van der Waals surface area contributed by atoms with Crippen LogP contribution in [-0.2, 0) is 4.79 Å². The molecule has 0 fully saturated rings. The van der Waals surface area contributed by atoms with Gasteiger partial charge in [0.2, 0.25) is 0 Å². The highest BCUT2D eigenvalue weighted by Crippen LogP contribution is 2.18. The van der Waals surface area contributed by atoms with E-state index in [2.05, 4.69) is 5.32 Å². The van der Waals surface area contributed by atoms with E-state index < -0.39 is 6.10 Å². The summed E-state index contributed by atoms with van der Waals surface area (Å²) in [5.74, 6) is 1.06. The van der Waals surface area contributed by atoms with Crippen LogP contribution in [-0.4, -0.2) is 31.3 Å². The first-order valence-corrected chi connectivity index (χ1v) is 7.37. The van der Waals surface area contributed by atoms with Gasteiger partial charge >= 0.3 is 0 Å². The van der Waals surface area contributed by atoms with Crippen LogP contribution in [0.1, 0.15) is 17.2 Å². The lowest BCUT2D eigenvalue weighted by Crippen LogP contribution is -2.32. The summed E-state index contributed by atoms with van der Waals surface area (Å²) in [4.78, 5) is 11.8. The summed E-state index contributed by atoms with van der Waals surface area (Å²) in [6.45, 7) is 1.94. The minimum atomic E-state index is -0.799. The van der Waals surface area contributed by atoms with Gasteiger partial charge in [-0.05, 0) is 36.2 Å².